The van der Waals surface area contributed by atoms with Crippen LogP contribution in [-0.4, -0.2) is 22.4 Å². The Balaban J connectivity index is 2.33. The van der Waals surface area contributed by atoms with E-state index in [4.69, 9.17) is 0 Å². The Bertz CT molecular complexity index is 504. The summed E-state index contributed by atoms with van der Waals surface area (Å²) in [4.78, 5) is 5.81. The Hall–Kier alpha value is -1.26. The molecule has 2 aromatic rings. The third kappa shape index (κ3) is 3.19. The van der Waals surface area contributed by atoms with Crippen LogP contribution in [-0.2, 0) is 6.54 Å². The Morgan fingerprint density at radius 3 is 2.58 bits per heavy atom. The van der Waals surface area contributed by atoms with Gasteiger partial charge in [0.2, 0.25) is 0 Å². The largest absolute Gasteiger partial charge is 0.334 e. The maximum Gasteiger partial charge on any atom is 0.130 e. The number of aromatic nitrogens is 2. The molecule has 0 amide bonds. The van der Waals surface area contributed by atoms with Gasteiger partial charge in [0.25, 0.3) is 0 Å². The van der Waals surface area contributed by atoms with Crippen molar-refractivity contribution in [3.05, 3.63) is 48.0 Å². The molecule has 0 aliphatic rings. The highest BCUT2D eigenvalue weighted by molar-refractivity contribution is 7.98. The van der Waals surface area contributed by atoms with Gasteiger partial charge in [0.15, 0.2) is 0 Å². The van der Waals surface area contributed by atoms with Crippen LogP contribution in [0.5, 0.6) is 0 Å². The van der Waals surface area contributed by atoms with Gasteiger partial charge in [-0.3, -0.25) is 0 Å². The smallest absolute Gasteiger partial charge is 0.130 e. The first kappa shape index (κ1) is 14.2. The van der Waals surface area contributed by atoms with E-state index in [1.54, 1.807) is 11.8 Å². The van der Waals surface area contributed by atoms with Crippen LogP contribution in [0.15, 0.2) is 41.6 Å². The van der Waals surface area contributed by atoms with E-state index in [1.807, 2.05) is 12.4 Å². The fourth-order valence-electron chi connectivity index (χ4n) is 2.21. The lowest BCUT2D eigenvalue weighted by atomic mass is 10.1. The van der Waals surface area contributed by atoms with Crippen LogP contribution < -0.4 is 5.32 Å². The molecule has 1 unspecified atom stereocenters. The zero-order valence-electron chi connectivity index (χ0n) is 11.8. The molecule has 4 heteroatoms. The number of rotatable bonds is 6. The number of imidazole rings is 1. The molecule has 0 saturated heterocycles. The number of hydrogen-bond acceptors (Lipinski definition) is 3. The van der Waals surface area contributed by atoms with Gasteiger partial charge in [-0.15, -0.1) is 11.8 Å². The van der Waals surface area contributed by atoms with Gasteiger partial charge in [-0.2, -0.15) is 0 Å². The van der Waals surface area contributed by atoms with E-state index in [-0.39, 0.29) is 6.04 Å². The highest BCUT2D eigenvalue weighted by Crippen LogP contribution is 2.23. The SMILES string of the molecule is CCNC(c1ccc(SC)cc1)c1nccn1CC. The number of thioether (sulfide) groups is 1. The summed E-state index contributed by atoms with van der Waals surface area (Å²) in [6.07, 6.45) is 6.01. The monoisotopic (exact) mass is 275 g/mol. The minimum atomic E-state index is 0.163. The lowest BCUT2D eigenvalue weighted by Gasteiger charge is -2.19. The van der Waals surface area contributed by atoms with Gasteiger partial charge >= 0.3 is 0 Å². The molecule has 0 radical (unpaired) electrons. The number of aryl methyl sites for hydroxylation is 1. The average Bonchev–Trinajstić information content (AvgIpc) is 2.93. The third-order valence-corrected chi connectivity index (χ3v) is 3.95. The summed E-state index contributed by atoms with van der Waals surface area (Å²) < 4.78 is 2.19. The van der Waals surface area contributed by atoms with Crippen LogP contribution in [0.2, 0.25) is 0 Å². The predicted molar refractivity (Wildman–Crippen MR) is 81.6 cm³/mol. The van der Waals surface area contributed by atoms with Crippen LogP contribution in [0.4, 0.5) is 0 Å². The molecule has 1 aromatic carbocycles. The standard InChI is InChI=1S/C15H21N3S/c1-4-16-14(15-17-10-11-18(15)5-2)12-6-8-13(19-3)9-7-12/h6-11,14,16H,4-5H2,1-3H3. The number of nitrogens with one attached hydrogen (secondary N) is 1. The number of benzene rings is 1. The van der Waals surface area contributed by atoms with Crippen LogP contribution >= 0.6 is 11.8 Å². The second-order valence-corrected chi connectivity index (χ2v) is 5.21. The first-order chi connectivity index (χ1) is 9.30. The van der Waals surface area contributed by atoms with Crippen molar-refractivity contribution in [1.82, 2.24) is 14.9 Å². The van der Waals surface area contributed by atoms with Crippen molar-refractivity contribution < 1.29 is 0 Å². The molecule has 0 spiro atoms. The first-order valence-corrected chi connectivity index (χ1v) is 7.91. The molecule has 1 N–H and O–H groups in total. The van der Waals surface area contributed by atoms with Crippen molar-refractivity contribution in [2.24, 2.45) is 0 Å². The minimum absolute atomic E-state index is 0.163. The zero-order valence-corrected chi connectivity index (χ0v) is 12.6. The molecular formula is C15H21N3S. The summed E-state index contributed by atoms with van der Waals surface area (Å²) in [5, 5.41) is 3.52. The topological polar surface area (TPSA) is 29.9 Å². The molecule has 1 atom stereocenters. The van der Waals surface area contributed by atoms with Gasteiger partial charge in [-0.1, -0.05) is 19.1 Å². The molecule has 0 saturated carbocycles. The van der Waals surface area contributed by atoms with Gasteiger partial charge < -0.3 is 9.88 Å². The van der Waals surface area contributed by atoms with E-state index in [0.717, 1.165) is 18.9 Å². The summed E-state index contributed by atoms with van der Waals surface area (Å²) >= 11 is 1.77. The normalized spacial score (nSPS) is 12.6. The number of nitrogens with zero attached hydrogens (tertiary/aromatic N) is 2. The highest BCUT2D eigenvalue weighted by atomic mass is 32.2. The van der Waals surface area contributed by atoms with Crippen molar-refractivity contribution in [3.63, 3.8) is 0 Å². The fourth-order valence-corrected chi connectivity index (χ4v) is 2.62. The van der Waals surface area contributed by atoms with E-state index in [1.165, 1.54) is 10.5 Å². The zero-order chi connectivity index (χ0) is 13.7. The van der Waals surface area contributed by atoms with Gasteiger partial charge in [-0.25, -0.2) is 4.98 Å². The van der Waals surface area contributed by atoms with Gasteiger partial charge in [0, 0.05) is 23.8 Å². The highest BCUT2D eigenvalue weighted by Gasteiger charge is 2.17. The van der Waals surface area contributed by atoms with E-state index in [0.29, 0.717) is 0 Å². The molecular weight excluding hydrogens is 254 g/mol. The maximum absolute atomic E-state index is 4.52. The van der Waals surface area contributed by atoms with Crippen LogP contribution in [0.25, 0.3) is 0 Å². The lowest BCUT2D eigenvalue weighted by molar-refractivity contribution is 0.559. The molecule has 19 heavy (non-hydrogen) atoms. The lowest BCUT2D eigenvalue weighted by Crippen LogP contribution is -2.25. The third-order valence-electron chi connectivity index (χ3n) is 3.20. The predicted octanol–water partition coefficient (Wildman–Crippen LogP) is 3.32. The van der Waals surface area contributed by atoms with Crippen LogP contribution in [0.3, 0.4) is 0 Å². The molecule has 0 aliphatic carbocycles. The Kier molecular flexibility index (Phi) is 5.05. The minimum Gasteiger partial charge on any atom is -0.334 e. The van der Waals surface area contributed by atoms with Crippen molar-refractivity contribution in [2.75, 3.05) is 12.8 Å². The van der Waals surface area contributed by atoms with Crippen LogP contribution in [0.1, 0.15) is 31.3 Å². The Labute approximate surface area is 119 Å². The molecule has 2 rings (SSSR count). The van der Waals surface area contributed by atoms with E-state index < -0.39 is 0 Å². The molecule has 0 fully saturated rings. The van der Waals surface area contributed by atoms with Crippen molar-refractivity contribution >= 4 is 11.8 Å². The molecule has 0 bridgehead atoms. The Morgan fingerprint density at radius 1 is 1.26 bits per heavy atom. The number of hydrogen-bond donors (Lipinski definition) is 1. The molecule has 0 aliphatic heterocycles. The first-order valence-electron chi connectivity index (χ1n) is 6.68. The van der Waals surface area contributed by atoms with Crippen molar-refractivity contribution in [3.8, 4) is 0 Å². The van der Waals surface area contributed by atoms with Crippen molar-refractivity contribution in [1.29, 1.82) is 0 Å². The van der Waals surface area contributed by atoms with E-state index in [9.17, 15) is 0 Å². The maximum atomic E-state index is 4.52. The molecule has 102 valence electrons. The summed E-state index contributed by atoms with van der Waals surface area (Å²) in [5.74, 6) is 1.08. The fraction of sp³-hybridized carbons (Fsp3) is 0.400. The van der Waals surface area contributed by atoms with Crippen LogP contribution in [0, 0.1) is 0 Å². The van der Waals surface area contributed by atoms with Crippen molar-refractivity contribution in [2.45, 2.75) is 31.3 Å². The molecule has 3 nitrogen and oxygen atoms in total. The summed E-state index contributed by atoms with van der Waals surface area (Å²) in [6.45, 7) is 6.14. The van der Waals surface area contributed by atoms with Gasteiger partial charge in [0.05, 0.1) is 6.04 Å². The second-order valence-electron chi connectivity index (χ2n) is 4.34. The summed E-state index contributed by atoms with van der Waals surface area (Å²) in [7, 11) is 0. The van der Waals surface area contributed by atoms with Gasteiger partial charge in [0.1, 0.15) is 5.82 Å². The molecule has 1 aromatic heterocycles. The van der Waals surface area contributed by atoms with E-state index >= 15 is 0 Å². The summed E-state index contributed by atoms with van der Waals surface area (Å²) in [6, 6.07) is 8.88. The second kappa shape index (κ2) is 6.78. The van der Waals surface area contributed by atoms with E-state index in [2.05, 4.69) is 59.2 Å². The molecule has 1 heterocycles. The van der Waals surface area contributed by atoms with Gasteiger partial charge in [-0.05, 0) is 37.4 Å². The Morgan fingerprint density at radius 2 is 2.00 bits per heavy atom. The summed E-state index contributed by atoms with van der Waals surface area (Å²) in [5.41, 5.74) is 1.26. The quantitative estimate of drug-likeness (QED) is 0.820. The average molecular weight is 275 g/mol.